The fourth-order valence-electron chi connectivity index (χ4n) is 1.84. The van der Waals surface area contributed by atoms with Crippen molar-refractivity contribution in [2.45, 2.75) is 40.3 Å². The van der Waals surface area contributed by atoms with Gasteiger partial charge in [-0.3, -0.25) is 19.2 Å². The van der Waals surface area contributed by atoms with E-state index in [2.05, 4.69) is 0 Å². The van der Waals surface area contributed by atoms with E-state index in [1.807, 2.05) is 0 Å². The molecule has 0 aliphatic rings. The van der Waals surface area contributed by atoms with Gasteiger partial charge in [0, 0.05) is 27.7 Å². The van der Waals surface area contributed by atoms with Gasteiger partial charge in [-0.25, -0.2) is 0 Å². The van der Waals surface area contributed by atoms with E-state index in [0.717, 1.165) is 27.7 Å². The van der Waals surface area contributed by atoms with Crippen LogP contribution in [0, 0.1) is 0 Å². The predicted octanol–water partition coefficient (Wildman–Crippen LogP) is 3.24. The lowest BCUT2D eigenvalue weighted by molar-refractivity contribution is -0.189. The zero-order valence-electron chi connectivity index (χ0n) is 14.3. The Morgan fingerprint density at radius 3 is 1.08 bits per heavy atom. The predicted molar refractivity (Wildman–Crippen MR) is 89.0 cm³/mol. The van der Waals surface area contributed by atoms with E-state index >= 15 is 0 Å². The van der Waals surface area contributed by atoms with Crippen molar-refractivity contribution in [3.63, 3.8) is 0 Å². The van der Waals surface area contributed by atoms with E-state index in [9.17, 15) is 19.2 Å². The van der Waals surface area contributed by atoms with Crippen molar-refractivity contribution in [2.24, 2.45) is 0 Å². The van der Waals surface area contributed by atoms with Crippen LogP contribution in [0.15, 0.2) is 12.1 Å². The maximum Gasteiger partial charge on any atom is 0.305 e. The summed E-state index contributed by atoms with van der Waals surface area (Å²) >= 11 is 12.3. The maximum atomic E-state index is 11.2. The second-order valence-corrected chi connectivity index (χ2v) is 5.81. The molecule has 26 heavy (non-hydrogen) atoms. The van der Waals surface area contributed by atoms with Gasteiger partial charge in [-0.15, -0.1) is 0 Å². The topological polar surface area (TPSA) is 105 Å². The summed E-state index contributed by atoms with van der Waals surface area (Å²) in [5.74, 6) is -2.87. The van der Waals surface area contributed by atoms with Gasteiger partial charge < -0.3 is 18.9 Å². The van der Waals surface area contributed by atoms with Crippen LogP contribution in [-0.4, -0.2) is 23.9 Å². The Balaban J connectivity index is 3.33. The molecule has 1 aromatic carbocycles. The summed E-state index contributed by atoms with van der Waals surface area (Å²) in [6.07, 6.45) is -2.85. The molecule has 0 saturated carbocycles. The molecule has 142 valence electrons. The lowest BCUT2D eigenvalue weighted by Crippen LogP contribution is -2.17. The highest BCUT2D eigenvalue weighted by Gasteiger charge is 2.27. The minimum Gasteiger partial charge on any atom is -0.421 e. The molecule has 0 heterocycles. The molecule has 0 amide bonds. The number of benzene rings is 1. The molecular formula is C16H16Cl2O8. The normalized spacial score (nSPS) is 10.5. The number of hydrogen-bond donors (Lipinski definition) is 0. The van der Waals surface area contributed by atoms with Crippen LogP contribution in [0.1, 0.15) is 51.4 Å². The number of carbonyl (C=O) groups excluding carboxylic acids is 4. The third kappa shape index (κ3) is 6.53. The fourth-order valence-corrected chi connectivity index (χ4v) is 2.37. The Morgan fingerprint density at radius 1 is 0.654 bits per heavy atom. The van der Waals surface area contributed by atoms with E-state index in [4.69, 9.17) is 42.1 Å². The third-order valence-electron chi connectivity index (χ3n) is 2.72. The molecule has 8 nitrogen and oxygen atoms in total. The molecule has 0 aliphatic carbocycles. The molecule has 1 rings (SSSR count). The Morgan fingerprint density at radius 2 is 0.885 bits per heavy atom. The number of rotatable bonds is 6. The van der Waals surface area contributed by atoms with Crippen LogP contribution >= 0.6 is 23.2 Å². The van der Waals surface area contributed by atoms with Crippen LogP contribution in [0.3, 0.4) is 0 Å². The van der Waals surface area contributed by atoms with E-state index in [0.29, 0.717) is 0 Å². The third-order valence-corrected chi connectivity index (χ3v) is 3.37. The zero-order valence-corrected chi connectivity index (χ0v) is 15.8. The van der Waals surface area contributed by atoms with Gasteiger partial charge >= 0.3 is 23.9 Å². The summed E-state index contributed by atoms with van der Waals surface area (Å²) in [5.41, 5.74) is 0.158. The van der Waals surface area contributed by atoms with Crippen LogP contribution in [0.25, 0.3) is 0 Å². The Bertz CT molecular complexity index is 637. The maximum absolute atomic E-state index is 11.2. The number of esters is 4. The van der Waals surface area contributed by atoms with E-state index in [-0.39, 0.29) is 21.2 Å². The van der Waals surface area contributed by atoms with Crippen molar-refractivity contribution in [3.8, 4) is 0 Å². The molecule has 0 saturated heterocycles. The van der Waals surface area contributed by atoms with Gasteiger partial charge in [-0.1, -0.05) is 23.2 Å². The molecule has 0 radical (unpaired) electrons. The minimum absolute atomic E-state index is 0.0267. The molecular weight excluding hydrogens is 391 g/mol. The summed E-state index contributed by atoms with van der Waals surface area (Å²) in [4.78, 5) is 44.9. The summed E-state index contributed by atoms with van der Waals surface area (Å²) in [6, 6.07) is 2.49. The first-order chi connectivity index (χ1) is 12.0. The average Bonchev–Trinajstić information content (AvgIpc) is 2.45. The highest BCUT2D eigenvalue weighted by molar-refractivity contribution is 6.34. The number of ether oxygens (including phenoxy) is 4. The Kier molecular flexibility index (Phi) is 7.85. The molecule has 0 aromatic heterocycles. The number of hydrogen-bond acceptors (Lipinski definition) is 8. The summed E-state index contributed by atoms with van der Waals surface area (Å²) in [5, 5.41) is -0.0533. The molecule has 0 fully saturated rings. The zero-order chi connectivity index (χ0) is 20.0. The lowest BCUT2D eigenvalue weighted by Gasteiger charge is -2.22. The second kappa shape index (κ2) is 9.40. The van der Waals surface area contributed by atoms with Gasteiger partial charge in [0.05, 0.1) is 21.2 Å². The standard InChI is InChI=1S/C16H16Cl2O8/c1-7(19)23-15(24-8(2)20)11-5-14(18)12(6-13(11)17)16(25-9(3)21)26-10(4)22/h5-6,15-16H,1-4H3. The van der Waals surface area contributed by atoms with Crippen LogP contribution < -0.4 is 0 Å². The van der Waals surface area contributed by atoms with E-state index in [1.54, 1.807) is 0 Å². The van der Waals surface area contributed by atoms with E-state index in [1.165, 1.54) is 12.1 Å². The highest BCUT2D eigenvalue weighted by Crippen LogP contribution is 2.36. The van der Waals surface area contributed by atoms with Crippen molar-refractivity contribution in [1.82, 2.24) is 0 Å². The smallest absolute Gasteiger partial charge is 0.305 e. The first-order valence-electron chi connectivity index (χ1n) is 7.19. The van der Waals surface area contributed by atoms with Gasteiger partial charge in [-0.2, -0.15) is 0 Å². The Hall–Kier alpha value is -2.32. The summed E-state index contributed by atoms with van der Waals surface area (Å²) in [7, 11) is 0. The lowest BCUT2D eigenvalue weighted by atomic mass is 10.1. The molecule has 0 spiro atoms. The van der Waals surface area contributed by atoms with Crippen LogP contribution in [0.5, 0.6) is 0 Å². The van der Waals surface area contributed by atoms with Crippen LogP contribution in [-0.2, 0) is 38.1 Å². The minimum atomic E-state index is -1.43. The SMILES string of the molecule is CC(=O)OC(OC(C)=O)c1cc(Cl)c(C(OC(C)=O)OC(C)=O)cc1Cl. The van der Waals surface area contributed by atoms with Crippen molar-refractivity contribution >= 4 is 47.1 Å². The van der Waals surface area contributed by atoms with Gasteiger partial charge in [0.2, 0.25) is 0 Å². The number of carbonyl (C=O) groups is 4. The van der Waals surface area contributed by atoms with Crippen LogP contribution in [0.4, 0.5) is 0 Å². The Labute approximate surface area is 159 Å². The first kappa shape index (κ1) is 21.7. The van der Waals surface area contributed by atoms with Crippen molar-refractivity contribution in [2.75, 3.05) is 0 Å². The molecule has 0 unspecified atom stereocenters. The average molecular weight is 407 g/mol. The monoisotopic (exact) mass is 406 g/mol. The van der Waals surface area contributed by atoms with Crippen LogP contribution in [0.2, 0.25) is 10.0 Å². The molecule has 1 aromatic rings. The van der Waals surface area contributed by atoms with Crippen molar-refractivity contribution < 1.29 is 38.1 Å². The van der Waals surface area contributed by atoms with Crippen molar-refractivity contribution in [1.29, 1.82) is 0 Å². The molecule has 0 atom stereocenters. The largest absolute Gasteiger partial charge is 0.421 e. The first-order valence-corrected chi connectivity index (χ1v) is 7.94. The molecule has 0 bridgehead atoms. The van der Waals surface area contributed by atoms with Gasteiger partial charge in [0.15, 0.2) is 0 Å². The van der Waals surface area contributed by atoms with Gasteiger partial charge in [0.25, 0.3) is 12.6 Å². The van der Waals surface area contributed by atoms with Gasteiger partial charge in [0.1, 0.15) is 0 Å². The number of halogens is 2. The summed E-state index contributed by atoms with van der Waals surface area (Å²) < 4.78 is 19.7. The summed E-state index contributed by atoms with van der Waals surface area (Å²) in [6.45, 7) is 4.49. The molecule has 0 N–H and O–H groups in total. The quantitative estimate of drug-likeness (QED) is 0.523. The molecule has 10 heteroatoms. The van der Waals surface area contributed by atoms with Crippen molar-refractivity contribution in [3.05, 3.63) is 33.3 Å². The van der Waals surface area contributed by atoms with Gasteiger partial charge in [-0.05, 0) is 12.1 Å². The second-order valence-electron chi connectivity index (χ2n) is 5.00. The highest BCUT2D eigenvalue weighted by atomic mass is 35.5. The fraction of sp³-hybridized carbons (Fsp3) is 0.375. The van der Waals surface area contributed by atoms with E-state index < -0.39 is 36.5 Å². The molecule has 0 aliphatic heterocycles.